The van der Waals surface area contributed by atoms with Gasteiger partial charge >= 0.3 is 6.18 Å². The molecule has 0 aromatic rings. The molecule has 0 atom stereocenters. The van der Waals surface area contributed by atoms with E-state index in [1.54, 1.807) is 22.6 Å². The Balaban J connectivity index is 3.71. The van der Waals surface area contributed by atoms with Gasteiger partial charge in [0.05, 0.1) is 0 Å². The molecule has 0 aliphatic carbocycles. The Bertz CT molecular complexity index is 153. The summed E-state index contributed by atoms with van der Waals surface area (Å²) in [5, 5.41) is 8.37. The number of hydrogen-bond donors (Lipinski definition) is 1. The third kappa shape index (κ3) is 8.32. The van der Waals surface area contributed by atoms with Crippen molar-refractivity contribution in [1.82, 2.24) is 0 Å². The first-order chi connectivity index (χ1) is 5.45. The fourth-order valence-corrected chi connectivity index (χ4v) is 1.39. The molecule has 0 aromatic carbocycles. The van der Waals surface area contributed by atoms with Crippen molar-refractivity contribution in [3.63, 3.8) is 0 Å². The molecule has 1 N–H and O–H groups in total. The van der Waals surface area contributed by atoms with E-state index < -0.39 is 6.18 Å². The lowest BCUT2D eigenvalue weighted by Crippen LogP contribution is -2.01. The maximum atomic E-state index is 11.7. The third-order valence-corrected chi connectivity index (χ3v) is 1.99. The van der Waals surface area contributed by atoms with Gasteiger partial charge in [0, 0.05) is 12.7 Å². The maximum absolute atomic E-state index is 11.7. The molecule has 72 valence electrons. The van der Waals surface area contributed by atoms with Crippen molar-refractivity contribution >= 4 is 22.6 Å². The van der Waals surface area contributed by atoms with Gasteiger partial charge in [0.25, 0.3) is 0 Å². The van der Waals surface area contributed by atoms with Gasteiger partial charge in [-0.15, -0.1) is 0 Å². The summed E-state index contributed by atoms with van der Waals surface area (Å²) in [6.45, 7) is 0.0376. The highest BCUT2D eigenvalue weighted by atomic mass is 127. The largest absolute Gasteiger partial charge is 0.410 e. The standard InChI is InChI=1S/C7H10F3IO/c8-7(9,10)5-6(11)3-1-2-4-12/h5,12H,1-4H2/b6-5-. The van der Waals surface area contributed by atoms with Crippen LogP contribution >= 0.6 is 22.6 Å². The lowest BCUT2D eigenvalue weighted by atomic mass is 10.2. The fraction of sp³-hybridized carbons (Fsp3) is 0.714. The van der Waals surface area contributed by atoms with Crippen LogP contribution < -0.4 is 0 Å². The van der Waals surface area contributed by atoms with E-state index in [0.29, 0.717) is 25.3 Å². The number of alkyl halides is 3. The van der Waals surface area contributed by atoms with E-state index in [1.165, 1.54) is 0 Å². The van der Waals surface area contributed by atoms with E-state index in [-0.39, 0.29) is 10.2 Å². The van der Waals surface area contributed by atoms with Crippen LogP contribution in [-0.2, 0) is 0 Å². The van der Waals surface area contributed by atoms with Gasteiger partial charge in [-0.3, -0.25) is 0 Å². The predicted octanol–water partition coefficient (Wildman–Crippen LogP) is 3.03. The number of rotatable bonds is 4. The predicted molar refractivity (Wildman–Crippen MR) is 49.1 cm³/mol. The molecule has 0 saturated carbocycles. The van der Waals surface area contributed by atoms with E-state index in [0.717, 1.165) is 0 Å². The number of hydrogen-bond acceptors (Lipinski definition) is 1. The zero-order valence-corrected chi connectivity index (χ0v) is 8.52. The number of aliphatic hydroxyl groups is 1. The minimum Gasteiger partial charge on any atom is -0.396 e. The Morgan fingerprint density at radius 1 is 1.33 bits per heavy atom. The lowest BCUT2D eigenvalue weighted by molar-refractivity contribution is -0.0801. The summed E-state index contributed by atoms with van der Waals surface area (Å²) < 4.78 is 35.3. The second-order valence-electron chi connectivity index (χ2n) is 2.31. The van der Waals surface area contributed by atoms with Gasteiger partial charge in [-0.25, -0.2) is 0 Å². The summed E-state index contributed by atoms with van der Waals surface area (Å²) in [5.74, 6) is 0. The quantitative estimate of drug-likeness (QED) is 0.624. The van der Waals surface area contributed by atoms with Crippen LogP contribution in [0.5, 0.6) is 0 Å². The summed E-state index contributed by atoms with van der Waals surface area (Å²) in [6.07, 6.45) is -2.37. The van der Waals surface area contributed by atoms with Crippen LogP contribution in [0.3, 0.4) is 0 Å². The van der Waals surface area contributed by atoms with Crippen molar-refractivity contribution in [3.8, 4) is 0 Å². The molecule has 0 rings (SSSR count). The second-order valence-corrected chi connectivity index (χ2v) is 3.70. The number of aliphatic hydroxyl groups excluding tert-OH is 1. The van der Waals surface area contributed by atoms with Crippen molar-refractivity contribution in [2.24, 2.45) is 0 Å². The Morgan fingerprint density at radius 2 is 1.92 bits per heavy atom. The molecule has 12 heavy (non-hydrogen) atoms. The zero-order valence-electron chi connectivity index (χ0n) is 6.36. The van der Waals surface area contributed by atoms with Crippen LogP contribution in [0.2, 0.25) is 0 Å². The van der Waals surface area contributed by atoms with Crippen LogP contribution in [0.4, 0.5) is 13.2 Å². The molecule has 0 aliphatic heterocycles. The Hall–Kier alpha value is 0.220. The maximum Gasteiger partial charge on any atom is 0.410 e. The average Bonchev–Trinajstić information content (AvgIpc) is 1.84. The highest BCUT2D eigenvalue weighted by Gasteiger charge is 2.23. The molecular formula is C7H10F3IO. The average molecular weight is 294 g/mol. The SMILES string of the molecule is OCCCC/C(I)=C/C(F)(F)F. The number of allylic oxidation sites excluding steroid dienone is 2. The van der Waals surface area contributed by atoms with E-state index in [9.17, 15) is 13.2 Å². The van der Waals surface area contributed by atoms with Gasteiger partial charge in [0.15, 0.2) is 0 Å². The van der Waals surface area contributed by atoms with Gasteiger partial charge in [-0.05, 0) is 45.4 Å². The number of halogens is 4. The van der Waals surface area contributed by atoms with Gasteiger partial charge < -0.3 is 5.11 Å². The molecule has 5 heteroatoms. The van der Waals surface area contributed by atoms with Gasteiger partial charge in [0.1, 0.15) is 0 Å². The van der Waals surface area contributed by atoms with Crippen LogP contribution in [0, 0.1) is 0 Å². The second kappa shape index (κ2) is 5.80. The van der Waals surface area contributed by atoms with Crippen molar-refractivity contribution < 1.29 is 18.3 Å². The topological polar surface area (TPSA) is 20.2 Å². The molecule has 0 radical (unpaired) electrons. The van der Waals surface area contributed by atoms with Gasteiger partial charge in [-0.2, -0.15) is 13.2 Å². The van der Waals surface area contributed by atoms with Crippen molar-refractivity contribution in [2.75, 3.05) is 6.61 Å². The van der Waals surface area contributed by atoms with Gasteiger partial charge in [-0.1, -0.05) is 0 Å². The molecular weight excluding hydrogens is 284 g/mol. The molecule has 0 amide bonds. The Morgan fingerprint density at radius 3 is 2.33 bits per heavy atom. The summed E-state index contributed by atoms with van der Waals surface area (Å²) in [7, 11) is 0. The van der Waals surface area contributed by atoms with Crippen LogP contribution in [0.1, 0.15) is 19.3 Å². The summed E-state index contributed by atoms with van der Waals surface area (Å²) >= 11 is 1.67. The molecule has 0 aromatic heterocycles. The first kappa shape index (κ1) is 12.2. The smallest absolute Gasteiger partial charge is 0.396 e. The lowest BCUT2D eigenvalue weighted by Gasteiger charge is -2.01. The zero-order chi connectivity index (χ0) is 9.61. The first-order valence-electron chi connectivity index (χ1n) is 3.50. The molecule has 0 unspecified atom stereocenters. The molecule has 0 bridgehead atoms. The molecule has 0 spiro atoms. The van der Waals surface area contributed by atoms with Crippen LogP contribution in [-0.4, -0.2) is 17.9 Å². The van der Waals surface area contributed by atoms with E-state index in [4.69, 9.17) is 5.11 Å². The highest BCUT2D eigenvalue weighted by Crippen LogP contribution is 2.24. The minimum absolute atomic E-state index is 0.0376. The van der Waals surface area contributed by atoms with Crippen molar-refractivity contribution in [1.29, 1.82) is 0 Å². The highest BCUT2D eigenvalue weighted by molar-refractivity contribution is 14.1. The summed E-state index contributed by atoms with van der Waals surface area (Å²) in [4.78, 5) is 0. The first-order valence-corrected chi connectivity index (χ1v) is 4.58. The van der Waals surface area contributed by atoms with Crippen molar-refractivity contribution in [2.45, 2.75) is 25.4 Å². The van der Waals surface area contributed by atoms with E-state index in [2.05, 4.69) is 0 Å². The van der Waals surface area contributed by atoms with Crippen LogP contribution in [0.15, 0.2) is 9.66 Å². The molecule has 0 saturated heterocycles. The number of unbranched alkanes of at least 4 members (excludes halogenated alkanes) is 1. The van der Waals surface area contributed by atoms with Gasteiger partial charge in [0.2, 0.25) is 0 Å². The Kier molecular flexibility index (Phi) is 5.90. The van der Waals surface area contributed by atoms with Crippen molar-refractivity contribution in [3.05, 3.63) is 9.66 Å². The fourth-order valence-electron chi connectivity index (χ4n) is 0.655. The van der Waals surface area contributed by atoms with E-state index >= 15 is 0 Å². The molecule has 0 fully saturated rings. The van der Waals surface area contributed by atoms with E-state index in [1.807, 2.05) is 0 Å². The summed E-state index contributed by atoms with van der Waals surface area (Å²) in [6, 6.07) is 0. The minimum atomic E-state index is -4.21. The molecule has 0 aliphatic rings. The normalized spacial score (nSPS) is 13.6. The third-order valence-electron chi connectivity index (χ3n) is 1.14. The summed E-state index contributed by atoms with van der Waals surface area (Å²) in [5.41, 5.74) is 0. The monoisotopic (exact) mass is 294 g/mol. The van der Waals surface area contributed by atoms with Crippen LogP contribution in [0.25, 0.3) is 0 Å². The Labute approximate surface area is 82.8 Å². The molecule has 0 heterocycles. The molecule has 1 nitrogen and oxygen atoms in total.